The molecule has 7 heteroatoms. The molecular formula is C21H15N3O4. The van der Waals surface area contributed by atoms with Crippen LogP contribution >= 0.6 is 0 Å². The van der Waals surface area contributed by atoms with Crippen molar-refractivity contribution < 1.29 is 14.3 Å². The zero-order valence-corrected chi connectivity index (χ0v) is 14.9. The number of fused-ring (bicyclic) bond motifs is 2. The number of anilines is 1. The fraction of sp³-hybridized carbons (Fsp3) is 0.0476. The summed E-state index contributed by atoms with van der Waals surface area (Å²) in [4.78, 5) is 41.2. The molecule has 1 amide bonds. The molecule has 0 aliphatic rings. The lowest BCUT2D eigenvalue weighted by Crippen LogP contribution is -2.23. The van der Waals surface area contributed by atoms with Gasteiger partial charge in [-0.15, -0.1) is 0 Å². The summed E-state index contributed by atoms with van der Waals surface area (Å²) in [5, 5.41) is 4.53. The van der Waals surface area contributed by atoms with Crippen LogP contribution in [0.15, 0.2) is 71.8 Å². The molecule has 0 saturated carbocycles. The van der Waals surface area contributed by atoms with Crippen LogP contribution in [-0.2, 0) is 4.74 Å². The number of aromatic nitrogens is 2. The zero-order valence-electron chi connectivity index (χ0n) is 14.9. The van der Waals surface area contributed by atoms with Crippen LogP contribution in [0.3, 0.4) is 0 Å². The summed E-state index contributed by atoms with van der Waals surface area (Å²) in [6.07, 6.45) is 2.64. The van der Waals surface area contributed by atoms with Crippen molar-refractivity contribution in [2.24, 2.45) is 0 Å². The fourth-order valence-electron chi connectivity index (χ4n) is 2.93. The summed E-state index contributed by atoms with van der Waals surface area (Å²) in [7, 11) is 1.26. The van der Waals surface area contributed by atoms with E-state index in [2.05, 4.69) is 15.0 Å². The predicted octanol–water partition coefficient (Wildman–Crippen LogP) is 2.89. The van der Waals surface area contributed by atoms with Gasteiger partial charge in [-0.05, 0) is 35.0 Å². The average Bonchev–Trinajstić information content (AvgIpc) is 2.74. The predicted molar refractivity (Wildman–Crippen MR) is 105 cm³/mol. The van der Waals surface area contributed by atoms with Gasteiger partial charge in [0, 0.05) is 11.8 Å². The van der Waals surface area contributed by atoms with E-state index in [1.54, 1.807) is 12.1 Å². The monoisotopic (exact) mass is 373 g/mol. The minimum Gasteiger partial charge on any atom is -0.465 e. The first-order chi connectivity index (χ1) is 13.6. The lowest BCUT2D eigenvalue weighted by Gasteiger charge is -2.08. The average molecular weight is 373 g/mol. The van der Waals surface area contributed by atoms with E-state index in [0.717, 1.165) is 10.8 Å². The number of benzene rings is 2. The van der Waals surface area contributed by atoms with Crippen molar-refractivity contribution >= 4 is 34.0 Å². The largest absolute Gasteiger partial charge is 0.465 e. The normalized spacial score (nSPS) is 10.8. The highest BCUT2D eigenvalue weighted by Crippen LogP contribution is 2.16. The van der Waals surface area contributed by atoms with Gasteiger partial charge in [-0.1, -0.05) is 30.3 Å². The number of ether oxygens (including phenoxy) is 1. The van der Waals surface area contributed by atoms with Crippen molar-refractivity contribution in [2.45, 2.75) is 0 Å². The summed E-state index contributed by atoms with van der Waals surface area (Å²) in [5.41, 5.74) is 0.493. The molecule has 0 saturated heterocycles. The summed E-state index contributed by atoms with van der Waals surface area (Å²) < 4.78 is 5.87. The minimum absolute atomic E-state index is 0.0117. The van der Waals surface area contributed by atoms with Crippen molar-refractivity contribution in [1.82, 2.24) is 9.38 Å². The minimum atomic E-state index is -0.570. The molecule has 0 bridgehead atoms. The van der Waals surface area contributed by atoms with Crippen LogP contribution < -0.4 is 10.9 Å². The summed E-state index contributed by atoms with van der Waals surface area (Å²) >= 11 is 0. The topological polar surface area (TPSA) is 89.8 Å². The molecule has 0 aliphatic heterocycles. The molecule has 7 nitrogen and oxygen atoms in total. The van der Waals surface area contributed by atoms with Crippen LogP contribution in [0, 0.1) is 0 Å². The van der Waals surface area contributed by atoms with E-state index in [-0.39, 0.29) is 11.3 Å². The van der Waals surface area contributed by atoms with Crippen LogP contribution in [0.2, 0.25) is 0 Å². The van der Waals surface area contributed by atoms with Gasteiger partial charge >= 0.3 is 5.97 Å². The number of pyridine rings is 1. The number of esters is 1. The standard InChI is InChI=1S/C21H15N3O4/c1-28-21(27)16-8-9-18-22-11-17(20(26)24(18)12-16)23-19(25)15-7-6-13-4-2-3-5-14(13)10-15/h2-12H,1H3,(H,23,25). The maximum Gasteiger partial charge on any atom is 0.339 e. The second-order valence-corrected chi connectivity index (χ2v) is 6.13. The highest BCUT2D eigenvalue weighted by molar-refractivity contribution is 6.06. The van der Waals surface area contributed by atoms with Crippen molar-refractivity contribution in [3.8, 4) is 0 Å². The van der Waals surface area contributed by atoms with Crippen LogP contribution in [0.4, 0.5) is 5.69 Å². The lowest BCUT2D eigenvalue weighted by molar-refractivity contribution is 0.0600. The molecule has 0 atom stereocenters. The van der Waals surface area contributed by atoms with Gasteiger partial charge in [0.1, 0.15) is 11.3 Å². The second kappa shape index (κ2) is 6.96. The third-order valence-corrected chi connectivity index (χ3v) is 4.38. The molecule has 4 rings (SSSR count). The fourth-order valence-corrected chi connectivity index (χ4v) is 2.93. The molecule has 4 aromatic rings. The first-order valence-electron chi connectivity index (χ1n) is 8.47. The van der Waals surface area contributed by atoms with Gasteiger partial charge in [0.05, 0.1) is 18.9 Å². The van der Waals surface area contributed by atoms with Gasteiger partial charge in [-0.3, -0.25) is 14.0 Å². The van der Waals surface area contributed by atoms with Gasteiger partial charge in [0.2, 0.25) is 0 Å². The molecule has 0 unspecified atom stereocenters. The molecule has 138 valence electrons. The van der Waals surface area contributed by atoms with E-state index in [1.165, 1.54) is 36.0 Å². The van der Waals surface area contributed by atoms with Crippen LogP contribution in [0.5, 0.6) is 0 Å². The number of nitrogens with one attached hydrogen (secondary N) is 1. The van der Waals surface area contributed by atoms with Crippen LogP contribution in [0.1, 0.15) is 20.7 Å². The maximum atomic E-state index is 12.7. The molecule has 2 aromatic carbocycles. The Hall–Kier alpha value is -4.00. The smallest absolute Gasteiger partial charge is 0.339 e. The van der Waals surface area contributed by atoms with Crippen molar-refractivity contribution in [1.29, 1.82) is 0 Å². The summed E-state index contributed by atoms with van der Waals surface area (Å²) in [6, 6.07) is 16.0. The number of nitrogens with zero attached hydrogens (tertiary/aromatic N) is 2. The Kier molecular flexibility index (Phi) is 4.33. The van der Waals surface area contributed by atoms with Crippen molar-refractivity contribution in [3.63, 3.8) is 0 Å². The van der Waals surface area contributed by atoms with Crippen LogP contribution in [-0.4, -0.2) is 28.4 Å². The third kappa shape index (κ3) is 3.09. The quantitative estimate of drug-likeness (QED) is 0.558. The molecule has 1 N–H and O–H groups in total. The zero-order chi connectivity index (χ0) is 19.7. The molecule has 0 aliphatic carbocycles. The molecule has 2 heterocycles. The van der Waals surface area contributed by atoms with Gasteiger partial charge in [0.25, 0.3) is 11.5 Å². The van der Waals surface area contributed by atoms with E-state index >= 15 is 0 Å². The molecular weight excluding hydrogens is 358 g/mol. The maximum absolute atomic E-state index is 12.7. The summed E-state index contributed by atoms with van der Waals surface area (Å²) in [5.74, 6) is -0.992. The van der Waals surface area contributed by atoms with E-state index in [4.69, 9.17) is 0 Å². The number of rotatable bonds is 3. The van der Waals surface area contributed by atoms with Gasteiger partial charge < -0.3 is 10.1 Å². The number of hydrogen-bond donors (Lipinski definition) is 1. The van der Waals surface area contributed by atoms with Gasteiger partial charge in [0.15, 0.2) is 0 Å². The molecule has 0 fully saturated rings. The molecule has 28 heavy (non-hydrogen) atoms. The Morgan fingerprint density at radius 3 is 2.54 bits per heavy atom. The first-order valence-corrected chi connectivity index (χ1v) is 8.47. The third-order valence-electron chi connectivity index (χ3n) is 4.38. The molecule has 0 radical (unpaired) electrons. The highest BCUT2D eigenvalue weighted by Gasteiger charge is 2.13. The Morgan fingerprint density at radius 1 is 1.00 bits per heavy atom. The van der Waals surface area contributed by atoms with Gasteiger partial charge in [-0.2, -0.15) is 0 Å². The SMILES string of the molecule is COC(=O)c1ccc2ncc(NC(=O)c3ccc4ccccc4c3)c(=O)n2c1. The number of methoxy groups -OCH3 is 1. The summed E-state index contributed by atoms with van der Waals surface area (Å²) in [6.45, 7) is 0. The first kappa shape index (κ1) is 17.4. The second-order valence-electron chi connectivity index (χ2n) is 6.13. The Morgan fingerprint density at radius 2 is 1.75 bits per heavy atom. The Bertz CT molecular complexity index is 1290. The van der Waals surface area contributed by atoms with Crippen molar-refractivity contribution in [3.05, 3.63) is 88.5 Å². The number of carbonyl (C=O) groups excluding carboxylic acids is 2. The highest BCUT2D eigenvalue weighted by atomic mass is 16.5. The lowest BCUT2D eigenvalue weighted by atomic mass is 10.1. The Balaban J connectivity index is 1.70. The molecule has 2 aromatic heterocycles. The van der Waals surface area contributed by atoms with E-state index in [9.17, 15) is 14.4 Å². The number of hydrogen-bond acceptors (Lipinski definition) is 5. The Labute approximate surface area is 159 Å². The van der Waals surface area contributed by atoms with Crippen LogP contribution in [0.25, 0.3) is 16.4 Å². The number of amides is 1. The molecule has 0 spiro atoms. The van der Waals surface area contributed by atoms with E-state index in [0.29, 0.717) is 11.2 Å². The van der Waals surface area contributed by atoms with Gasteiger partial charge in [-0.25, -0.2) is 9.78 Å². The van der Waals surface area contributed by atoms with E-state index in [1.807, 2.05) is 30.3 Å². The number of carbonyl (C=O) groups is 2. The van der Waals surface area contributed by atoms with E-state index < -0.39 is 17.4 Å². The van der Waals surface area contributed by atoms with Crippen molar-refractivity contribution in [2.75, 3.05) is 12.4 Å².